The number of ketones is 1. The number of rotatable bonds is 11. The van der Waals surface area contributed by atoms with Gasteiger partial charge < -0.3 is 25.0 Å². The van der Waals surface area contributed by atoms with Crippen molar-refractivity contribution in [3.63, 3.8) is 0 Å². The first kappa shape index (κ1) is 31.5. The molecule has 0 bridgehead atoms. The van der Waals surface area contributed by atoms with E-state index in [9.17, 15) is 41.5 Å². The number of aromatic nitrogens is 1. The van der Waals surface area contributed by atoms with Gasteiger partial charge in [-0.05, 0) is 35.7 Å². The second kappa shape index (κ2) is 13.6. The van der Waals surface area contributed by atoms with Gasteiger partial charge in [-0.1, -0.05) is 25.1 Å². The van der Waals surface area contributed by atoms with Crippen molar-refractivity contribution in [1.29, 1.82) is 0 Å². The molecule has 0 fully saturated rings. The van der Waals surface area contributed by atoms with Crippen LogP contribution >= 0.6 is 0 Å². The molecule has 0 spiro atoms. The topological polar surface area (TPSA) is 144 Å². The van der Waals surface area contributed by atoms with Crippen molar-refractivity contribution in [2.45, 2.75) is 38.8 Å². The van der Waals surface area contributed by atoms with Gasteiger partial charge in [0, 0.05) is 19.2 Å². The number of halogens is 4. The second-order valence-electron chi connectivity index (χ2n) is 9.03. The minimum Gasteiger partial charge on any atom is -0.481 e. The van der Waals surface area contributed by atoms with Gasteiger partial charge in [0.25, 0.3) is 5.56 Å². The molecule has 2 aliphatic carbocycles. The van der Waals surface area contributed by atoms with Gasteiger partial charge in [-0.3, -0.25) is 24.0 Å². The summed E-state index contributed by atoms with van der Waals surface area (Å²) in [4.78, 5) is 60.5. The smallest absolute Gasteiger partial charge is 0.305 e. The zero-order chi connectivity index (χ0) is 31.1. The molecule has 0 saturated heterocycles. The van der Waals surface area contributed by atoms with E-state index in [-0.39, 0.29) is 18.2 Å². The lowest BCUT2D eigenvalue weighted by Crippen LogP contribution is -2.48. The second-order valence-corrected chi connectivity index (χ2v) is 9.03. The third kappa shape index (κ3) is 7.80. The number of anilines is 1. The number of carboxylic acids is 1. The van der Waals surface area contributed by atoms with Crippen LogP contribution in [-0.4, -0.2) is 45.9 Å². The van der Waals surface area contributed by atoms with E-state index >= 15 is 0 Å². The minimum atomic E-state index is -1.91. The Morgan fingerprint density at radius 2 is 1.60 bits per heavy atom. The zero-order valence-electron chi connectivity index (χ0n) is 22.3. The van der Waals surface area contributed by atoms with Gasteiger partial charge in [0.1, 0.15) is 24.4 Å². The van der Waals surface area contributed by atoms with E-state index in [2.05, 4.69) is 39.6 Å². The number of aliphatic carboxylic acids is 1. The van der Waals surface area contributed by atoms with Gasteiger partial charge in [-0.15, -0.1) is 0 Å². The van der Waals surface area contributed by atoms with Gasteiger partial charge in [0.2, 0.25) is 23.4 Å². The number of amides is 2. The number of nitrogens with zero attached hydrogens (tertiary/aromatic N) is 1. The van der Waals surface area contributed by atoms with Crippen molar-refractivity contribution < 1.29 is 46.6 Å². The van der Waals surface area contributed by atoms with Gasteiger partial charge in [0.15, 0.2) is 23.2 Å². The molecule has 1 aromatic heterocycles. The van der Waals surface area contributed by atoms with Gasteiger partial charge in [0.05, 0.1) is 6.42 Å². The summed E-state index contributed by atoms with van der Waals surface area (Å²) in [5, 5.41) is 13.6. The average Bonchev–Trinajstić information content (AvgIpc) is 3.53. The number of carboxylic acid groups (broad SMARTS) is 1. The molecule has 2 unspecified atom stereocenters. The molecular formula is C28H25F4N3O7. The molecular weight excluding hydrogens is 566 g/mol. The van der Waals surface area contributed by atoms with Crippen LogP contribution in [0.25, 0.3) is 11.1 Å². The van der Waals surface area contributed by atoms with Crippen LogP contribution in [0.4, 0.5) is 23.2 Å². The third-order valence-corrected chi connectivity index (χ3v) is 5.94. The first-order valence-electron chi connectivity index (χ1n) is 12.4. The molecule has 222 valence electrons. The largest absolute Gasteiger partial charge is 0.481 e. The summed E-state index contributed by atoms with van der Waals surface area (Å²) in [6, 6.07) is 8.05. The molecule has 14 heteroatoms. The number of hydrogen-bond donors (Lipinski definition) is 3. The van der Waals surface area contributed by atoms with E-state index < -0.39 is 83.3 Å². The Morgan fingerprint density at radius 3 is 2.07 bits per heavy atom. The highest BCUT2D eigenvalue weighted by molar-refractivity contribution is 5.94. The lowest BCUT2D eigenvalue weighted by atomic mass is 10.1. The molecule has 2 aliphatic rings. The summed E-state index contributed by atoms with van der Waals surface area (Å²) in [5.74, 6) is -13.2. The van der Waals surface area contributed by atoms with Crippen LogP contribution in [0.3, 0.4) is 0 Å². The van der Waals surface area contributed by atoms with Crippen LogP contribution in [0.5, 0.6) is 5.75 Å². The lowest BCUT2D eigenvalue weighted by Gasteiger charge is -2.22. The van der Waals surface area contributed by atoms with Crippen LogP contribution in [-0.2, 0) is 19.2 Å². The maximum absolute atomic E-state index is 13.8. The number of carbonyl (C=O) groups excluding carboxylic acids is 3. The van der Waals surface area contributed by atoms with Gasteiger partial charge in [-0.2, -0.15) is 8.78 Å². The van der Waals surface area contributed by atoms with Crippen molar-refractivity contribution in [3.05, 3.63) is 82.3 Å². The molecule has 4 rings (SSSR count). The monoisotopic (exact) mass is 591 g/mol. The summed E-state index contributed by atoms with van der Waals surface area (Å²) in [5.41, 5.74) is 1.97. The summed E-state index contributed by atoms with van der Waals surface area (Å²) < 4.78 is 59.7. The van der Waals surface area contributed by atoms with Crippen molar-refractivity contribution in [2.24, 2.45) is 0 Å². The summed E-state index contributed by atoms with van der Waals surface area (Å²) >= 11 is 0. The number of fused-ring (bicyclic) bond motifs is 1. The molecule has 0 aliphatic heterocycles. The molecule has 42 heavy (non-hydrogen) atoms. The molecule has 3 N–H and O–H groups in total. The van der Waals surface area contributed by atoms with Crippen LogP contribution in [0.15, 0.2) is 53.5 Å². The molecule has 2 aromatic rings. The third-order valence-electron chi connectivity index (χ3n) is 5.94. The molecule has 0 radical (unpaired) electrons. The first-order valence-corrected chi connectivity index (χ1v) is 12.4. The molecule has 2 amide bonds. The lowest BCUT2D eigenvalue weighted by molar-refractivity contribution is -0.140. The fourth-order valence-electron chi connectivity index (χ4n) is 3.83. The van der Waals surface area contributed by atoms with E-state index in [4.69, 9.17) is 5.11 Å². The van der Waals surface area contributed by atoms with E-state index in [1.165, 1.54) is 43.3 Å². The highest BCUT2D eigenvalue weighted by atomic mass is 19.2. The standard InChI is InChI=1S/C22H21F4N3O7.C6H4/c1-3-15(29-6-4-5-13(22(29)35)27-10(2)30)21(34)28-14(8-17(32)33)16(31)9-36-20-18(25)11(23)7-12(24)19(20)26;1-2-5-4-6(5)3-1/h4-7,14-15H,3,8-9H2,1-2H3,(H,27,30)(H,28,34)(H,32,33);1-4H. The Balaban J connectivity index is 0.000000700. The molecule has 2 atom stereocenters. The normalized spacial score (nSPS) is 12.2. The number of pyridine rings is 1. The van der Waals surface area contributed by atoms with Crippen LogP contribution < -0.4 is 20.9 Å². The first-order chi connectivity index (χ1) is 19.8. The quantitative estimate of drug-likeness (QED) is 0.179. The SMILES string of the molecule is CCC(C(=O)NC(CC(=O)O)C(=O)COc1c(F)c(F)cc(F)c1F)n1cccc(NC(C)=O)c1=O.c1cc2cc-2c1. The van der Waals surface area contributed by atoms with Gasteiger partial charge >= 0.3 is 5.97 Å². The van der Waals surface area contributed by atoms with Crippen molar-refractivity contribution in [2.75, 3.05) is 11.9 Å². The average molecular weight is 592 g/mol. The molecule has 10 nitrogen and oxygen atoms in total. The maximum atomic E-state index is 13.8. The van der Waals surface area contributed by atoms with E-state index in [1.807, 2.05) is 0 Å². The predicted octanol–water partition coefficient (Wildman–Crippen LogP) is 3.59. The Hall–Kier alpha value is -5.01. The Morgan fingerprint density at radius 1 is 0.976 bits per heavy atom. The summed E-state index contributed by atoms with van der Waals surface area (Å²) in [6.45, 7) is 1.44. The van der Waals surface area contributed by atoms with Gasteiger partial charge in [-0.25, -0.2) is 8.78 Å². The van der Waals surface area contributed by atoms with Crippen LogP contribution in [0.2, 0.25) is 0 Å². The van der Waals surface area contributed by atoms with E-state index in [1.54, 1.807) is 0 Å². The predicted molar refractivity (Wildman–Crippen MR) is 141 cm³/mol. The Bertz CT molecular complexity index is 1550. The fraction of sp³-hybridized carbons (Fsp3) is 0.250. The Labute approximate surface area is 235 Å². The molecule has 1 heterocycles. The van der Waals surface area contributed by atoms with Crippen molar-refractivity contribution in [1.82, 2.24) is 9.88 Å². The number of hydrogen-bond acceptors (Lipinski definition) is 6. The van der Waals surface area contributed by atoms with Crippen molar-refractivity contribution in [3.8, 4) is 16.9 Å². The minimum absolute atomic E-state index is 0.00125. The van der Waals surface area contributed by atoms with E-state index in [0.717, 1.165) is 4.57 Å². The van der Waals surface area contributed by atoms with Crippen LogP contribution in [0, 0.1) is 23.3 Å². The van der Waals surface area contributed by atoms with Crippen LogP contribution in [0.1, 0.15) is 32.7 Å². The van der Waals surface area contributed by atoms with Crippen molar-refractivity contribution >= 4 is 29.3 Å². The number of ether oxygens (including phenoxy) is 1. The number of carbonyl (C=O) groups is 4. The highest BCUT2D eigenvalue weighted by Gasteiger charge is 2.30. The number of benzene rings is 2. The summed E-state index contributed by atoms with van der Waals surface area (Å²) in [6.07, 6.45) is 0.259. The number of nitrogens with one attached hydrogen (secondary N) is 2. The fourth-order valence-corrected chi connectivity index (χ4v) is 3.83. The molecule has 1 aromatic carbocycles. The zero-order valence-corrected chi connectivity index (χ0v) is 22.3. The molecule has 0 saturated carbocycles. The van der Waals surface area contributed by atoms with E-state index in [0.29, 0.717) is 0 Å². The number of Topliss-reactive ketones (excluding diaryl/α,β-unsaturated/α-hetero) is 1. The Kier molecular flexibility index (Phi) is 10.2. The highest BCUT2D eigenvalue weighted by Crippen LogP contribution is 2.32. The summed E-state index contributed by atoms with van der Waals surface area (Å²) in [7, 11) is 0. The maximum Gasteiger partial charge on any atom is 0.305 e.